The minimum absolute atomic E-state index is 0.0149. The molecule has 6 heteroatoms. The summed E-state index contributed by atoms with van der Waals surface area (Å²) in [7, 11) is 0. The number of aromatic nitrogens is 3. The van der Waals surface area contributed by atoms with Crippen LogP contribution in [-0.2, 0) is 13.1 Å². The van der Waals surface area contributed by atoms with E-state index in [1.165, 1.54) is 5.56 Å². The first-order valence-electron chi connectivity index (χ1n) is 9.89. The van der Waals surface area contributed by atoms with E-state index in [1.54, 1.807) is 29.4 Å². The molecule has 1 fully saturated rings. The number of nitrogens with zero attached hydrogens (tertiary/aromatic N) is 5. The Morgan fingerprint density at radius 1 is 1.14 bits per heavy atom. The molecular formula is C23H23N5O. The van der Waals surface area contributed by atoms with Crippen LogP contribution >= 0.6 is 0 Å². The Morgan fingerprint density at radius 3 is 2.59 bits per heavy atom. The summed E-state index contributed by atoms with van der Waals surface area (Å²) in [4.78, 5) is 23.5. The van der Waals surface area contributed by atoms with E-state index in [1.807, 2.05) is 36.4 Å². The topological polar surface area (TPSA) is 74.8 Å². The Morgan fingerprint density at radius 2 is 1.93 bits per heavy atom. The van der Waals surface area contributed by atoms with Crippen molar-refractivity contribution in [1.29, 1.82) is 5.26 Å². The number of benzene rings is 1. The van der Waals surface area contributed by atoms with Gasteiger partial charge in [-0.25, -0.2) is 4.98 Å². The highest BCUT2D eigenvalue weighted by molar-refractivity contribution is 5.56. The number of piperidine rings is 1. The standard InChI is InChI=1S/C23H23N5O/c24-13-18-3-5-19(6-4-18)15-27-10-7-20(8-11-27)16-28-17-26-22(12-23(28)29)21-2-1-9-25-14-21/h1-6,9,12,14,17,20H,7-8,10-11,15-16H2. The van der Waals surface area contributed by atoms with Crippen LogP contribution in [0.25, 0.3) is 11.3 Å². The van der Waals surface area contributed by atoms with E-state index in [-0.39, 0.29) is 5.56 Å². The highest BCUT2D eigenvalue weighted by Crippen LogP contribution is 2.21. The third-order valence-corrected chi connectivity index (χ3v) is 5.49. The second kappa shape index (κ2) is 8.80. The Balaban J connectivity index is 1.32. The van der Waals surface area contributed by atoms with E-state index in [9.17, 15) is 4.79 Å². The van der Waals surface area contributed by atoms with Crippen LogP contribution in [0.5, 0.6) is 0 Å². The van der Waals surface area contributed by atoms with Crippen LogP contribution in [0.2, 0.25) is 0 Å². The lowest BCUT2D eigenvalue weighted by atomic mass is 9.96. The van der Waals surface area contributed by atoms with E-state index in [0.29, 0.717) is 23.7 Å². The first kappa shape index (κ1) is 19.0. The van der Waals surface area contributed by atoms with Crippen LogP contribution in [0, 0.1) is 17.2 Å². The second-order valence-electron chi connectivity index (χ2n) is 7.53. The molecule has 0 unspecified atom stereocenters. The predicted molar refractivity (Wildman–Crippen MR) is 111 cm³/mol. The summed E-state index contributed by atoms with van der Waals surface area (Å²) in [6.45, 7) is 3.64. The minimum atomic E-state index is -0.0149. The zero-order chi connectivity index (χ0) is 20.1. The summed E-state index contributed by atoms with van der Waals surface area (Å²) in [5.74, 6) is 0.482. The third kappa shape index (κ3) is 4.76. The molecule has 0 aliphatic carbocycles. The zero-order valence-corrected chi connectivity index (χ0v) is 16.2. The second-order valence-corrected chi connectivity index (χ2v) is 7.53. The van der Waals surface area contributed by atoms with Crippen molar-refractivity contribution in [3.05, 3.63) is 82.7 Å². The summed E-state index contributed by atoms with van der Waals surface area (Å²) in [6.07, 6.45) is 7.21. The van der Waals surface area contributed by atoms with Gasteiger partial charge in [0.15, 0.2) is 0 Å². The van der Waals surface area contributed by atoms with Crippen LogP contribution in [0.15, 0.2) is 66.0 Å². The number of hydrogen-bond donors (Lipinski definition) is 0. The van der Waals surface area contributed by atoms with Gasteiger partial charge in [-0.05, 0) is 61.7 Å². The van der Waals surface area contributed by atoms with Gasteiger partial charge in [0.2, 0.25) is 0 Å². The molecule has 1 aliphatic rings. The van der Waals surface area contributed by atoms with Gasteiger partial charge >= 0.3 is 0 Å². The maximum absolute atomic E-state index is 12.5. The van der Waals surface area contributed by atoms with E-state index in [2.05, 4.69) is 20.9 Å². The lowest BCUT2D eigenvalue weighted by molar-refractivity contribution is 0.166. The Kier molecular flexibility index (Phi) is 5.78. The zero-order valence-electron chi connectivity index (χ0n) is 16.2. The van der Waals surface area contributed by atoms with E-state index < -0.39 is 0 Å². The molecule has 0 bridgehead atoms. The fourth-order valence-electron chi connectivity index (χ4n) is 3.78. The fraction of sp³-hybridized carbons (Fsp3) is 0.304. The largest absolute Gasteiger partial charge is 0.299 e. The molecule has 4 rings (SSSR count). The van der Waals surface area contributed by atoms with Gasteiger partial charge < -0.3 is 0 Å². The summed E-state index contributed by atoms with van der Waals surface area (Å²) in [5.41, 5.74) is 3.43. The van der Waals surface area contributed by atoms with Crippen molar-refractivity contribution in [2.24, 2.45) is 5.92 Å². The molecule has 0 atom stereocenters. The molecule has 3 aromatic rings. The van der Waals surface area contributed by atoms with Crippen molar-refractivity contribution in [3.8, 4) is 17.3 Å². The molecule has 1 saturated heterocycles. The van der Waals surface area contributed by atoms with Crippen molar-refractivity contribution >= 4 is 0 Å². The number of nitriles is 1. The fourth-order valence-corrected chi connectivity index (χ4v) is 3.78. The maximum atomic E-state index is 12.5. The molecule has 0 amide bonds. The maximum Gasteiger partial charge on any atom is 0.253 e. The van der Waals surface area contributed by atoms with Crippen LogP contribution in [0.4, 0.5) is 0 Å². The SMILES string of the molecule is N#Cc1ccc(CN2CCC(Cn3cnc(-c4cccnc4)cc3=O)CC2)cc1. The van der Waals surface area contributed by atoms with E-state index in [4.69, 9.17) is 5.26 Å². The molecule has 146 valence electrons. The first-order chi connectivity index (χ1) is 14.2. The van der Waals surface area contributed by atoms with Crippen LogP contribution < -0.4 is 5.56 Å². The Bertz CT molecular complexity index is 1050. The highest BCUT2D eigenvalue weighted by atomic mass is 16.1. The summed E-state index contributed by atoms with van der Waals surface area (Å²) < 4.78 is 1.72. The van der Waals surface area contributed by atoms with Gasteiger partial charge in [0, 0.05) is 37.1 Å². The summed E-state index contributed by atoms with van der Waals surface area (Å²) >= 11 is 0. The molecule has 0 spiro atoms. The van der Waals surface area contributed by atoms with Crippen molar-refractivity contribution < 1.29 is 0 Å². The van der Waals surface area contributed by atoms with Crippen molar-refractivity contribution in [3.63, 3.8) is 0 Å². The Hall–Kier alpha value is -3.30. The van der Waals surface area contributed by atoms with E-state index >= 15 is 0 Å². The molecule has 2 aromatic heterocycles. The minimum Gasteiger partial charge on any atom is -0.299 e. The van der Waals surface area contributed by atoms with Gasteiger partial charge in [-0.15, -0.1) is 0 Å². The molecule has 6 nitrogen and oxygen atoms in total. The third-order valence-electron chi connectivity index (χ3n) is 5.49. The summed E-state index contributed by atoms with van der Waals surface area (Å²) in [5, 5.41) is 8.90. The normalized spacial score (nSPS) is 15.1. The molecule has 29 heavy (non-hydrogen) atoms. The van der Waals surface area contributed by atoms with Crippen molar-refractivity contribution in [1.82, 2.24) is 19.4 Å². The molecule has 3 heterocycles. The lowest BCUT2D eigenvalue weighted by Gasteiger charge is -2.32. The molecule has 1 aromatic carbocycles. The van der Waals surface area contributed by atoms with Crippen molar-refractivity contribution in [2.75, 3.05) is 13.1 Å². The van der Waals surface area contributed by atoms with Crippen LogP contribution in [-0.4, -0.2) is 32.5 Å². The van der Waals surface area contributed by atoms with Gasteiger partial charge in [0.05, 0.1) is 23.7 Å². The monoisotopic (exact) mass is 385 g/mol. The van der Waals surface area contributed by atoms with Gasteiger partial charge in [0.25, 0.3) is 5.56 Å². The van der Waals surface area contributed by atoms with Crippen LogP contribution in [0.3, 0.4) is 0 Å². The highest BCUT2D eigenvalue weighted by Gasteiger charge is 2.20. The smallest absolute Gasteiger partial charge is 0.253 e. The number of rotatable bonds is 5. The quantitative estimate of drug-likeness (QED) is 0.675. The van der Waals surface area contributed by atoms with Gasteiger partial charge in [0.1, 0.15) is 0 Å². The number of likely N-dealkylation sites (tertiary alicyclic amines) is 1. The predicted octanol–water partition coefficient (Wildman–Crippen LogP) is 3.09. The van der Waals surface area contributed by atoms with Gasteiger partial charge in [-0.1, -0.05) is 12.1 Å². The van der Waals surface area contributed by atoms with Crippen molar-refractivity contribution in [2.45, 2.75) is 25.9 Å². The molecule has 0 saturated carbocycles. The van der Waals surface area contributed by atoms with Crippen LogP contribution in [0.1, 0.15) is 24.0 Å². The first-order valence-corrected chi connectivity index (χ1v) is 9.89. The Labute approximate surface area is 170 Å². The lowest BCUT2D eigenvalue weighted by Crippen LogP contribution is -2.36. The number of pyridine rings is 1. The van der Waals surface area contributed by atoms with E-state index in [0.717, 1.165) is 38.0 Å². The summed E-state index contributed by atoms with van der Waals surface area (Å²) in [6, 6.07) is 15.3. The molecular weight excluding hydrogens is 362 g/mol. The average molecular weight is 385 g/mol. The molecule has 1 aliphatic heterocycles. The molecule has 0 N–H and O–H groups in total. The average Bonchev–Trinajstić information content (AvgIpc) is 2.77. The van der Waals surface area contributed by atoms with Gasteiger partial charge in [-0.3, -0.25) is 19.2 Å². The van der Waals surface area contributed by atoms with Gasteiger partial charge in [-0.2, -0.15) is 5.26 Å². The molecule has 0 radical (unpaired) electrons. The number of hydrogen-bond acceptors (Lipinski definition) is 5.